The van der Waals surface area contributed by atoms with E-state index in [2.05, 4.69) is 38.0 Å². The third-order valence-corrected chi connectivity index (χ3v) is 3.77. The molecule has 2 bridgehead atoms. The van der Waals surface area contributed by atoms with Gasteiger partial charge >= 0.3 is 0 Å². The molecule has 13 heavy (non-hydrogen) atoms. The monoisotopic (exact) mass is 182 g/mol. The number of rotatable bonds is 1. The van der Waals surface area contributed by atoms with Crippen LogP contribution in [0.4, 0.5) is 0 Å². The molecule has 1 N–H and O–H groups in total. The lowest BCUT2D eigenvalue weighted by atomic mass is 9.98. The Labute approximate surface area is 81.7 Å². The lowest BCUT2D eigenvalue weighted by Gasteiger charge is -2.40. The molecule has 0 spiro atoms. The fourth-order valence-corrected chi connectivity index (χ4v) is 3.13. The van der Waals surface area contributed by atoms with Crippen molar-refractivity contribution in [2.45, 2.75) is 51.2 Å². The van der Waals surface area contributed by atoms with Gasteiger partial charge in [0.15, 0.2) is 0 Å². The van der Waals surface area contributed by atoms with Gasteiger partial charge in [0.25, 0.3) is 0 Å². The van der Waals surface area contributed by atoms with Crippen molar-refractivity contribution in [3.8, 4) is 0 Å². The molecule has 2 nitrogen and oxygen atoms in total. The molecule has 0 radical (unpaired) electrons. The summed E-state index contributed by atoms with van der Waals surface area (Å²) in [6.45, 7) is 8.31. The number of fused-ring (bicyclic) bond motifs is 2. The summed E-state index contributed by atoms with van der Waals surface area (Å²) in [6, 6.07) is 1.64. The van der Waals surface area contributed by atoms with Gasteiger partial charge in [-0.05, 0) is 46.6 Å². The summed E-state index contributed by atoms with van der Waals surface area (Å²) in [7, 11) is 2.10. The van der Waals surface area contributed by atoms with Crippen LogP contribution in [0, 0.1) is 5.92 Å². The third-order valence-electron chi connectivity index (χ3n) is 3.77. The van der Waals surface area contributed by atoms with Gasteiger partial charge < -0.3 is 5.32 Å². The summed E-state index contributed by atoms with van der Waals surface area (Å²) in [4.78, 5) is 2.69. The van der Waals surface area contributed by atoms with Crippen molar-refractivity contribution in [3.05, 3.63) is 0 Å². The lowest BCUT2D eigenvalue weighted by Crippen LogP contribution is -2.50. The van der Waals surface area contributed by atoms with Crippen molar-refractivity contribution in [2.24, 2.45) is 5.92 Å². The maximum Gasteiger partial charge on any atom is 0.0128 e. The van der Waals surface area contributed by atoms with E-state index in [4.69, 9.17) is 0 Å². The largest absolute Gasteiger partial charge is 0.317 e. The first-order valence-electron chi connectivity index (χ1n) is 5.46. The smallest absolute Gasteiger partial charge is 0.0128 e. The molecule has 1 heterocycles. The highest BCUT2D eigenvalue weighted by Gasteiger charge is 2.47. The Balaban J connectivity index is 2.03. The van der Waals surface area contributed by atoms with Crippen molar-refractivity contribution < 1.29 is 0 Å². The van der Waals surface area contributed by atoms with E-state index in [0.717, 1.165) is 18.0 Å². The Kier molecular flexibility index (Phi) is 2.16. The van der Waals surface area contributed by atoms with Gasteiger partial charge in [0.05, 0.1) is 0 Å². The summed E-state index contributed by atoms with van der Waals surface area (Å²) in [5, 5.41) is 3.44. The lowest BCUT2D eigenvalue weighted by molar-refractivity contribution is 0.0868. The van der Waals surface area contributed by atoms with Gasteiger partial charge in [0, 0.05) is 24.2 Å². The van der Waals surface area contributed by atoms with Crippen LogP contribution in [0.15, 0.2) is 0 Å². The van der Waals surface area contributed by atoms with Crippen LogP contribution < -0.4 is 5.32 Å². The standard InChI is InChI=1S/C11H22N2/c1-11(2,3)13-7-8-5-9(13)6-10(8)12-4/h8-10,12H,5-7H2,1-4H3. The molecular formula is C11H22N2. The highest BCUT2D eigenvalue weighted by Crippen LogP contribution is 2.41. The first-order chi connectivity index (χ1) is 6.02. The normalized spacial score (nSPS) is 40.2. The molecule has 3 unspecified atom stereocenters. The van der Waals surface area contributed by atoms with E-state index in [1.165, 1.54) is 19.4 Å². The van der Waals surface area contributed by atoms with Crippen molar-refractivity contribution in [1.29, 1.82) is 0 Å². The van der Waals surface area contributed by atoms with Crippen LogP contribution in [0.3, 0.4) is 0 Å². The average molecular weight is 182 g/mol. The van der Waals surface area contributed by atoms with E-state index in [1.54, 1.807) is 0 Å². The molecule has 1 saturated heterocycles. The molecule has 2 heteroatoms. The van der Waals surface area contributed by atoms with Crippen LogP contribution in [0.2, 0.25) is 0 Å². The zero-order valence-electron chi connectivity index (χ0n) is 9.30. The molecule has 76 valence electrons. The number of likely N-dealkylation sites (tertiary alicyclic amines) is 1. The van der Waals surface area contributed by atoms with Gasteiger partial charge in [0.1, 0.15) is 0 Å². The fraction of sp³-hybridized carbons (Fsp3) is 1.00. The fourth-order valence-electron chi connectivity index (χ4n) is 3.13. The number of nitrogens with zero attached hydrogens (tertiary/aromatic N) is 1. The number of nitrogens with one attached hydrogen (secondary N) is 1. The molecule has 0 amide bonds. The van der Waals surface area contributed by atoms with Crippen LogP contribution in [0.5, 0.6) is 0 Å². The second-order valence-corrected chi connectivity index (χ2v) is 5.60. The van der Waals surface area contributed by atoms with E-state index < -0.39 is 0 Å². The Morgan fingerprint density at radius 1 is 1.23 bits per heavy atom. The molecule has 3 atom stereocenters. The highest BCUT2D eigenvalue weighted by atomic mass is 15.3. The molecule has 2 aliphatic rings. The molecule has 2 fully saturated rings. The van der Waals surface area contributed by atoms with E-state index in [1.807, 2.05) is 0 Å². The maximum atomic E-state index is 3.44. The molecular weight excluding hydrogens is 160 g/mol. The molecule has 0 aromatic carbocycles. The number of hydrogen-bond donors (Lipinski definition) is 1. The van der Waals surface area contributed by atoms with Crippen molar-refractivity contribution >= 4 is 0 Å². The second kappa shape index (κ2) is 2.96. The van der Waals surface area contributed by atoms with Crippen molar-refractivity contribution in [2.75, 3.05) is 13.6 Å². The Hall–Kier alpha value is -0.0800. The molecule has 1 aliphatic heterocycles. The van der Waals surface area contributed by atoms with Gasteiger partial charge in [-0.1, -0.05) is 0 Å². The van der Waals surface area contributed by atoms with Crippen LogP contribution in [0.1, 0.15) is 33.6 Å². The van der Waals surface area contributed by atoms with Gasteiger partial charge in [-0.2, -0.15) is 0 Å². The third kappa shape index (κ3) is 1.50. The minimum absolute atomic E-state index is 0.373. The number of hydrogen-bond acceptors (Lipinski definition) is 2. The van der Waals surface area contributed by atoms with Crippen molar-refractivity contribution in [3.63, 3.8) is 0 Å². The first kappa shape index (κ1) is 9.47. The van der Waals surface area contributed by atoms with Gasteiger partial charge in [0.2, 0.25) is 0 Å². The van der Waals surface area contributed by atoms with Gasteiger partial charge in [-0.15, -0.1) is 0 Å². The van der Waals surface area contributed by atoms with Crippen LogP contribution in [-0.2, 0) is 0 Å². The quantitative estimate of drug-likeness (QED) is 0.660. The summed E-state index contributed by atoms with van der Waals surface area (Å²) in [5.74, 6) is 0.911. The van der Waals surface area contributed by atoms with E-state index in [-0.39, 0.29) is 0 Å². The van der Waals surface area contributed by atoms with Crippen LogP contribution in [0.25, 0.3) is 0 Å². The highest BCUT2D eigenvalue weighted by molar-refractivity contribution is 5.03. The summed E-state index contributed by atoms with van der Waals surface area (Å²) in [5.41, 5.74) is 0.373. The zero-order valence-corrected chi connectivity index (χ0v) is 9.30. The summed E-state index contributed by atoms with van der Waals surface area (Å²) >= 11 is 0. The van der Waals surface area contributed by atoms with Crippen molar-refractivity contribution in [1.82, 2.24) is 10.2 Å². The average Bonchev–Trinajstić information content (AvgIpc) is 2.59. The minimum atomic E-state index is 0.373. The molecule has 0 aromatic rings. The van der Waals surface area contributed by atoms with Crippen LogP contribution in [-0.4, -0.2) is 36.1 Å². The molecule has 1 aliphatic carbocycles. The topological polar surface area (TPSA) is 15.3 Å². The Morgan fingerprint density at radius 2 is 1.92 bits per heavy atom. The number of piperidine rings is 1. The van der Waals surface area contributed by atoms with E-state index in [9.17, 15) is 0 Å². The SMILES string of the molecule is CNC1CC2CC1CN2C(C)(C)C. The molecule has 1 saturated carbocycles. The maximum absolute atomic E-state index is 3.44. The Bertz CT molecular complexity index is 195. The Morgan fingerprint density at radius 3 is 2.31 bits per heavy atom. The minimum Gasteiger partial charge on any atom is -0.317 e. The van der Waals surface area contributed by atoms with Gasteiger partial charge in [-0.25, -0.2) is 0 Å². The predicted octanol–water partition coefficient (Wildman–Crippen LogP) is 1.47. The van der Waals surface area contributed by atoms with E-state index >= 15 is 0 Å². The molecule has 0 aromatic heterocycles. The van der Waals surface area contributed by atoms with Gasteiger partial charge in [-0.3, -0.25) is 4.90 Å². The molecule has 2 rings (SSSR count). The second-order valence-electron chi connectivity index (χ2n) is 5.60. The van der Waals surface area contributed by atoms with E-state index in [0.29, 0.717) is 5.54 Å². The first-order valence-corrected chi connectivity index (χ1v) is 5.46. The summed E-state index contributed by atoms with van der Waals surface area (Å²) < 4.78 is 0. The zero-order chi connectivity index (χ0) is 9.64. The van der Waals surface area contributed by atoms with Crippen LogP contribution >= 0.6 is 0 Å². The summed E-state index contributed by atoms with van der Waals surface area (Å²) in [6.07, 6.45) is 2.78. The predicted molar refractivity (Wildman–Crippen MR) is 55.8 cm³/mol.